The maximum atomic E-state index is 12.4. The number of hydrogen-bond acceptors (Lipinski definition) is 5. The zero-order valence-electron chi connectivity index (χ0n) is 11.6. The second-order valence-electron chi connectivity index (χ2n) is 4.32. The zero-order valence-corrected chi connectivity index (χ0v) is 13.9. The second kappa shape index (κ2) is 6.61. The molecule has 0 bridgehead atoms. The smallest absolute Gasteiger partial charge is 0.312 e. The van der Waals surface area contributed by atoms with Crippen molar-refractivity contribution in [3.63, 3.8) is 0 Å². The summed E-state index contributed by atoms with van der Waals surface area (Å²) in [6.07, 6.45) is 0. The number of benzene rings is 2. The van der Waals surface area contributed by atoms with Gasteiger partial charge in [0.25, 0.3) is 10.0 Å². The van der Waals surface area contributed by atoms with Crippen LogP contribution < -0.4 is 9.46 Å². The third-order valence-electron chi connectivity index (χ3n) is 2.83. The minimum atomic E-state index is -4.09. The van der Waals surface area contributed by atoms with Crippen molar-refractivity contribution in [1.29, 1.82) is 0 Å². The maximum absolute atomic E-state index is 12.4. The molecule has 0 aliphatic carbocycles. The van der Waals surface area contributed by atoms with Crippen LogP contribution in [0.4, 0.5) is 11.4 Å². The van der Waals surface area contributed by atoms with Gasteiger partial charge in [-0.2, -0.15) is 0 Å². The highest BCUT2D eigenvalue weighted by Gasteiger charge is 2.22. The summed E-state index contributed by atoms with van der Waals surface area (Å²) < 4.78 is 31.8. The zero-order chi connectivity index (χ0) is 17.2. The van der Waals surface area contributed by atoms with E-state index in [1.54, 1.807) is 0 Å². The molecule has 0 atom stereocenters. The fourth-order valence-electron chi connectivity index (χ4n) is 1.76. The number of nitrogens with zero attached hydrogens (tertiary/aromatic N) is 1. The molecule has 0 fully saturated rings. The SMILES string of the molecule is COc1ccc(S(=O)(=O)Nc2cc(Cl)ccc2Cl)cc1[N+](=O)[O-]. The van der Waals surface area contributed by atoms with Crippen molar-refractivity contribution >= 4 is 44.6 Å². The van der Waals surface area contributed by atoms with E-state index in [0.717, 1.165) is 6.07 Å². The molecule has 1 N–H and O–H groups in total. The molecule has 0 heterocycles. The van der Waals surface area contributed by atoms with Crippen molar-refractivity contribution in [3.05, 3.63) is 56.6 Å². The Labute approximate surface area is 142 Å². The molecule has 0 aliphatic heterocycles. The molecule has 0 aliphatic rings. The van der Waals surface area contributed by atoms with Crippen LogP contribution in [0.1, 0.15) is 0 Å². The van der Waals surface area contributed by atoms with E-state index in [0.29, 0.717) is 0 Å². The van der Waals surface area contributed by atoms with Crippen LogP contribution in [0.3, 0.4) is 0 Å². The topological polar surface area (TPSA) is 98.5 Å². The molecular formula is C13H10Cl2N2O5S. The van der Waals surface area contributed by atoms with E-state index in [1.165, 1.54) is 37.4 Å². The van der Waals surface area contributed by atoms with Crippen LogP contribution in [-0.2, 0) is 10.0 Å². The van der Waals surface area contributed by atoms with Crippen LogP contribution in [0, 0.1) is 10.1 Å². The molecule has 0 saturated heterocycles. The predicted molar refractivity (Wildman–Crippen MR) is 86.9 cm³/mol. The summed E-state index contributed by atoms with van der Waals surface area (Å²) in [6.45, 7) is 0. The summed E-state index contributed by atoms with van der Waals surface area (Å²) >= 11 is 11.7. The van der Waals surface area contributed by atoms with Crippen molar-refractivity contribution in [3.8, 4) is 5.75 Å². The highest BCUT2D eigenvalue weighted by Crippen LogP contribution is 2.32. The van der Waals surface area contributed by atoms with E-state index in [1.807, 2.05) is 0 Å². The lowest BCUT2D eigenvalue weighted by atomic mass is 10.3. The second-order valence-corrected chi connectivity index (χ2v) is 6.85. The summed E-state index contributed by atoms with van der Waals surface area (Å²) in [5.41, 5.74) is -0.398. The Hall–Kier alpha value is -2.03. The van der Waals surface area contributed by atoms with Gasteiger partial charge in [0.2, 0.25) is 0 Å². The van der Waals surface area contributed by atoms with Crippen LogP contribution in [0.15, 0.2) is 41.3 Å². The Morgan fingerprint density at radius 3 is 2.48 bits per heavy atom. The molecule has 2 aromatic carbocycles. The molecule has 10 heteroatoms. The van der Waals surface area contributed by atoms with E-state index < -0.39 is 20.6 Å². The molecule has 0 spiro atoms. The van der Waals surface area contributed by atoms with Gasteiger partial charge in [-0.15, -0.1) is 0 Å². The minimum absolute atomic E-state index is 0.0465. The first-order valence-corrected chi connectivity index (χ1v) is 8.29. The fourth-order valence-corrected chi connectivity index (χ4v) is 3.24. The fraction of sp³-hybridized carbons (Fsp3) is 0.0769. The Balaban J connectivity index is 2.46. The van der Waals surface area contributed by atoms with Crippen LogP contribution in [-0.4, -0.2) is 20.5 Å². The number of nitrogens with one attached hydrogen (secondary N) is 1. The molecule has 0 amide bonds. The van der Waals surface area contributed by atoms with Crippen molar-refractivity contribution in [2.45, 2.75) is 4.90 Å². The molecule has 0 saturated carbocycles. The monoisotopic (exact) mass is 376 g/mol. The van der Waals surface area contributed by atoms with Crippen molar-refractivity contribution in [2.75, 3.05) is 11.8 Å². The molecule has 23 heavy (non-hydrogen) atoms. The summed E-state index contributed by atoms with van der Waals surface area (Å²) in [6, 6.07) is 7.55. The molecule has 2 rings (SSSR count). The van der Waals surface area contributed by atoms with Gasteiger partial charge >= 0.3 is 5.69 Å². The van der Waals surface area contributed by atoms with Gasteiger partial charge in [-0.1, -0.05) is 23.2 Å². The lowest BCUT2D eigenvalue weighted by molar-refractivity contribution is -0.386. The summed E-state index contributed by atoms with van der Waals surface area (Å²) in [7, 11) is -2.84. The average molecular weight is 377 g/mol. The van der Waals surface area contributed by atoms with E-state index in [4.69, 9.17) is 27.9 Å². The molecular weight excluding hydrogens is 367 g/mol. The number of rotatable bonds is 5. The summed E-state index contributed by atoms with van der Waals surface area (Å²) in [5, 5.41) is 11.4. The molecule has 0 aromatic heterocycles. The van der Waals surface area contributed by atoms with Crippen LogP contribution >= 0.6 is 23.2 Å². The van der Waals surface area contributed by atoms with E-state index >= 15 is 0 Å². The maximum Gasteiger partial charge on any atom is 0.312 e. The van der Waals surface area contributed by atoms with Gasteiger partial charge in [0.15, 0.2) is 5.75 Å². The number of nitro groups is 1. The van der Waals surface area contributed by atoms with E-state index in [-0.39, 0.29) is 26.4 Å². The number of methoxy groups -OCH3 is 1. The predicted octanol–water partition coefficient (Wildman–Crippen LogP) is 3.71. The first-order chi connectivity index (χ1) is 10.7. The lowest BCUT2D eigenvalue weighted by Crippen LogP contribution is -2.13. The third kappa shape index (κ3) is 3.84. The Morgan fingerprint density at radius 1 is 1.17 bits per heavy atom. The van der Waals surface area contributed by atoms with Crippen molar-refractivity contribution in [2.24, 2.45) is 0 Å². The van der Waals surface area contributed by atoms with Gasteiger partial charge in [0.1, 0.15) is 0 Å². The van der Waals surface area contributed by atoms with Crippen LogP contribution in [0.5, 0.6) is 5.75 Å². The van der Waals surface area contributed by atoms with Crippen LogP contribution in [0.2, 0.25) is 10.0 Å². The van der Waals surface area contributed by atoms with E-state index in [2.05, 4.69) is 4.72 Å². The van der Waals surface area contributed by atoms with Crippen molar-refractivity contribution < 1.29 is 18.1 Å². The van der Waals surface area contributed by atoms with Crippen LogP contribution in [0.25, 0.3) is 0 Å². The van der Waals surface area contributed by atoms with E-state index in [9.17, 15) is 18.5 Å². The number of sulfonamides is 1. The molecule has 2 aromatic rings. The number of hydrogen-bond donors (Lipinski definition) is 1. The Bertz CT molecular complexity index is 871. The normalized spacial score (nSPS) is 11.1. The Morgan fingerprint density at radius 2 is 1.87 bits per heavy atom. The average Bonchev–Trinajstić information content (AvgIpc) is 2.50. The number of anilines is 1. The number of ether oxygens (including phenoxy) is 1. The molecule has 0 radical (unpaired) electrons. The van der Waals surface area contributed by atoms with Crippen molar-refractivity contribution in [1.82, 2.24) is 0 Å². The number of halogens is 2. The molecule has 0 unspecified atom stereocenters. The van der Waals surface area contributed by atoms with Gasteiger partial charge in [0, 0.05) is 11.1 Å². The largest absolute Gasteiger partial charge is 0.490 e. The van der Waals surface area contributed by atoms with Gasteiger partial charge in [0.05, 0.1) is 27.6 Å². The molecule has 7 nitrogen and oxygen atoms in total. The van der Waals surface area contributed by atoms with Gasteiger partial charge in [-0.05, 0) is 30.3 Å². The first-order valence-electron chi connectivity index (χ1n) is 6.05. The van der Waals surface area contributed by atoms with Gasteiger partial charge in [-0.25, -0.2) is 8.42 Å². The Kier molecular flexibility index (Phi) is 4.98. The minimum Gasteiger partial charge on any atom is -0.490 e. The highest BCUT2D eigenvalue weighted by atomic mass is 35.5. The summed E-state index contributed by atoms with van der Waals surface area (Å²) in [5.74, 6) is -0.0465. The van der Waals surface area contributed by atoms with Gasteiger partial charge < -0.3 is 4.74 Å². The first kappa shape index (κ1) is 17.3. The number of nitro benzene ring substituents is 1. The third-order valence-corrected chi connectivity index (χ3v) is 4.76. The van der Waals surface area contributed by atoms with Gasteiger partial charge in [-0.3, -0.25) is 14.8 Å². The lowest BCUT2D eigenvalue weighted by Gasteiger charge is -2.10. The summed E-state index contributed by atoms with van der Waals surface area (Å²) in [4.78, 5) is 9.95. The quantitative estimate of drug-likeness (QED) is 0.633. The molecule has 122 valence electrons. The standard InChI is InChI=1S/C13H10Cl2N2O5S/c1-22-13-5-3-9(7-12(13)17(18)19)23(20,21)16-11-6-8(14)2-4-10(11)15/h2-7,16H,1H3. The highest BCUT2D eigenvalue weighted by molar-refractivity contribution is 7.92.